The van der Waals surface area contributed by atoms with Crippen molar-refractivity contribution in [2.75, 3.05) is 13.2 Å². The highest BCUT2D eigenvalue weighted by Crippen LogP contribution is 2.32. The van der Waals surface area contributed by atoms with Crippen LogP contribution in [0.1, 0.15) is 51.0 Å². The van der Waals surface area contributed by atoms with Crippen LogP contribution in [0.4, 0.5) is 0 Å². The molecule has 0 radical (unpaired) electrons. The Bertz CT molecular complexity index is 1130. The van der Waals surface area contributed by atoms with Crippen molar-refractivity contribution in [1.82, 2.24) is 19.9 Å². The maximum atomic E-state index is 13.1. The number of rotatable bonds is 5. The zero-order valence-corrected chi connectivity index (χ0v) is 18.4. The van der Waals surface area contributed by atoms with Crippen molar-refractivity contribution in [3.63, 3.8) is 0 Å². The van der Waals surface area contributed by atoms with Crippen LogP contribution in [0.2, 0.25) is 0 Å². The molecule has 2 aromatic carbocycles. The zero-order valence-electron chi connectivity index (χ0n) is 18.4. The second-order valence-corrected chi connectivity index (χ2v) is 8.78. The van der Waals surface area contributed by atoms with Crippen LogP contribution in [0.25, 0.3) is 11.3 Å². The van der Waals surface area contributed by atoms with Gasteiger partial charge in [-0.25, -0.2) is 0 Å². The van der Waals surface area contributed by atoms with Crippen LogP contribution in [0.15, 0.2) is 36.5 Å². The number of aromatic nitrogens is 3. The molecule has 0 N–H and O–H groups in total. The van der Waals surface area contributed by atoms with E-state index in [9.17, 15) is 4.79 Å². The van der Waals surface area contributed by atoms with Crippen LogP contribution in [-0.4, -0.2) is 45.1 Å². The third-order valence-corrected chi connectivity index (χ3v) is 6.70. The van der Waals surface area contributed by atoms with Crippen molar-refractivity contribution in [3.8, 4) is 11.3 Å². The predicted molar refractivity (Wildman–Crippen MR) is 119 cm³/mol. The number of aryl methyl sites for hydroxylation is 1. The molecule has 31 heavy (non-hydrogen) atoms. The minimum Gasteiger partial charge on any atom is -0.376 e. The quantitative estimate of drug-likeness (QED) is 0.634. The van der Waals surface area contributed by atoms with Crippen molar-refractivity contribution in [1.29, 1.82) is 0 Å². The molecule has 1 unspecified atom stereocenters. The number of carbonyl (C=O) groups is 1. The summed E-state index contributed by atoms with van der Waals surface area (Å²) in [5.74, 6) is 0.146. The van der Waals surface area contributed by atoms with E-state index >= 15 is 0 Å². The fourth-order valence-corrected chi connectivity index (χ4v) is 4.72. The van der Waals surface area contributed by atoms with Crippen LogP contribution in [0, 0.1) is 13.8 Å². The minimum atomic E-state index is 0.146. The lowest BCUT2D eigenvalue weighted by molar-refractivity contribution is 0.0545. The summed E-state index contributed by atoms with van der Waals surface area (Å²) in [5, 5.41) is 8.18. The first-order valence-corrected chi connectivity index (χ1v) is 11.0. The Morgan fingerprint density at radius 3 is 2.65 bits per heavy atom. The average Bonchev–Trinajstić information content (AvgIpc) is 3.50. The van der Waals surface area contributed by atoms with Gasteiger partial charge in [0.05, 0.1) is 12.3 Å². The Kier molecular flexibility index (Phi) is 5.10. The lowest BCUT2D eigenvalue weighted by Gasteiger charge is -2.19. The van der Waals surface area contributed by atoms with Crippen LogP contribution in [0.5, 0.6) is 0 Å². The van der Waals surface area contributed by atoms with E-state index in [4.69, 9.17) is 4.74 Å². The van der Waals surface area contributed by atoms with E-state index in [1.165, 1.54) is 27.8 Å². The molecule has 0 spiro atoms. The first-order chi connectivity index (χ1) is 15.0. The number of nitrogens with zero attached hydrogens (tertiary/aromatic N) is 4. The Morgan fingerprint density at radius 2 is 1.97 bits per heavy atom. The van der Waals surface area contributed by atoms with E-state index in [0.717, 1.165) is 42.7 Å². The SMILES string of the molecule is Cc1c(Cc2ccc(-c3cn(C)nn3)cc2)cc2c(c1C)CN(CC1CCCO1)C2=O. The largest absolute Gasteiger partial charge is 0.376 e. The van der Waals surface area contributed by atoms with Gasteiger partial charge in [0, 0.05) is 37.9 Å². The third kappa shape index (κ3) is 3.76. The van der Waals surface area contributed by atoms with Crippen LogP contribution in [0.3, 0.4) is 0 Å². The van der Waals surface area contributed by atoms with E-state index in [-0.39, 0.29) is 12.0 Å². The van der Waals surface area contributed by atoms with Gasteiger partial charge < -0.3 is 9.64 Å². The van der Waals surface area contributed by atoms with Gasteiger partial charge in [0.1, 0.15) is 5.69 Å². The van der Waals surface area contributed by atoms with Crippen LogP contribution < -0.4 is 0 Å². The van der Waals surface area contributed by atoms with Gasteiger partial charge in [-0.15, -0.1) is 5.10 Å². The molecule has 3 heterocycles. The standard InChI is InChI=1S/C25H28N4O2/c1-16-17(2)23-14-29(13-21-5-4-10-31-21)25(30)22(23)12-20(16)11-18-6-8-19(9-7-18)24-15-28(3)27-26-24/h6-9,12,15,21H,4-5,10-11,13-14H2,1-3H3. The summed E-state index contributed by atoms with van der Waals surface area (Å²) in [7, 11) is 1.87. The van der Waals surface area contributed by atoms with E-state index in [1.807, 2.05) is 18.1 Å². The molecule has 1 fully saturated rings. The fourth-order valence-electron chi connectivity index (χ4n) is 4.72. The number of hydrogen-bond donors (Lipinski definition) is 0. The molecule has 160 valence electrons. The second-order valence-electron chi connectivity index (χ2n) is 8.78. The number of hydrogen-bond acceptors (Lipinski definition) is 4. The highest BCUT2D eigenvalue weighted by molar-refractivity contribution is 5.99. The summed E-state index contributed by atoms with van der Waals surface area (Å²) >= 11 is 0. The molecule has 6 heteroatoms. The Morgan fingerprint density at radius 1 is 1.16 bits per heavy atom. The summed E-state index contributed by atoms with van der Waals surface area (Å²) in [6.07, 6.45) is 5.05. The molecule has 6 nitrogen and oxygen atoms in total. The molecule has 1 aromatic heterocycles. The summed E-state index contributed by atoms with van der Waals surface area (Å²) in [5.41, 5.74) is 8.94. The zero-order chi connectivity index (χ0) is 21.5. The first-order valence-electron chi connectivity index (χ1n) is 11.0. The van der Waals surface area contributed by atoms with E-state index < -0.39 is 0 Å². The Hall–Kier alpha value is -2.99. The van der Waals surface area contributed by atoms with Crippen molar-refractivity contribution < 1.29 is 9.53 Å². The topological polar surface area (TPSA) is 60.3 Å². The molecule has 3 aromatic rings. The number of amides is 1. The lowest BCUT2D eigenvalue weighted by atomic mass is 9.91. The van der Waals surface area contributed by atoms with Crippen LogP contribution in [-0.2, 0) is 24.8 Å². The molecule has 1 atom stereocenters. The van der Waals surface area contributed by atoms with E-state index in [0.29, 0.717) is 13.1 Å². The summed E-state index contributed by atoms with van der Waals surface area (Å²) in [6.45, 7) is 6.54. The monoisotopic (exact) mass is 416 g/mol. The first kappa shape index (κ1) is 19.9. The highest BCUT2D eigenvalue weighted by atomic mass is 16.5. The smallest absolute Gasteiger partial charge is 0.254 e. The van der Waals surface area contributed by atoms with Crippen molar-refractivity contribution >= 4 is 5.91 Å². The number of carbonyl (C=O) groups excluding carboxylic acids is 1. The van der Waals surface area contributed by atoms with E-state index in [2.05, 4.69) is 54.5 Å². The predicted octanol–water partition coefficient (Wildman–Crippen LogP) is 3.82. The molecular weight excluding hydrogens is 388 g/mol. The average molecular weight is 417 g/mol. The molecule has 0 bridgehead atoms. The molecule has 5 rings (SSSR count). The molecular formula is C25H28N4O2. The lowest BCUT2D eigenvalue weighted by Crippen LogP contribution is -2.32. The summed E-state index contributed by atoms with van der Waals surface area (Å²) in [4.78, 5) is 15.1. The molecule has 1 amide bonds. The maximum Gasteiger partial charge on any atom is 0.254 e. The molecule has 2 aliphatic rings. The maximum absolute atomic E-state index is 13.1. The number of fused-ring (bicyclic) bond motifs is 1. The molecule has 0 saturated carbocycles. The fraction of sp³-hybridized carbons (Fsp3) is 0.400. The van der Waals surface area contributed by atoms with Gasteiger partial charge in [0.25, 0.3) is 5.91 Å². The summed E-state index contributed by atoms with van der Waals surface area (Å²) in [6, 6.07) is 10.6. The highest BCUT2D eigenvalue weighted by Gasteiger charge is 2.32. The summed E-state index contributed by atoms with van der Waals surface area (Å²) < 4.78 is 7.47. The Labute approximate surface area is 182 Å². The van der Waals surface area contributed by atoms with Gasteiger partial charge >= 0.3 is 0 Å². The van der Waals surface area contributed by atoms with Crippen molar-refractivity contribution in [2.24, 2.45) is 7.05 Å². The molecule has 2 aliphatic heterocycles. The minimum absolute atomic E-state index is 0.146. The molecule has 1 saturated heterocycles. The normalized spacial score (nSPS) is 18.1. The van der Waals surface area contributed by atoms with Crippen molar-refractivity contribution in [3.05, 3.63) is 69.9 Å². The number of benzene rings is 2. The van der Waals surface area contributed by atoms with Gasteiger partial charge in [0.2, 0.25) is 0 Å². The van der Waals surface area contributed by atoms with Gasteiger partial charge in [-0.2, -0.15) is 0 Å². The van der Waals surface area contributed by atoms with Crippen molar-refractivity contribution in [2.45, 2.75) is 45.8 Å². The second kappa shape index (κ2) is 7.93. The van der Waals surface area contributed by atoms with Gasteiger partial charge in [-0.3, -0.25) is 9.48 Å². The van der Waals surface area contributed by atoms with Crippen LogP contribution >= 0.6 is 0 Å². The van der Waals surface area contributed by atoms with Gasteiger partial charge in [0.15, 0.2) is 0 Å². The van der Waals surface area contributed by atoms with Gasteiger partial charge in [-0.05, 0) is 67.0 Å². The third-order valence-electron chi connectivity index (χ3n) is 6.70. The number of ether oxygens (including phenoxy) is 1. The van der Waals surface area contributed by atoms with Gasteiger partial charge in [-0.1, -0.05) is 29.5 Å². The van der Waals surface area contributed by atoms with E-state index in [1.54, 1.807) is 4.68 Å². The molecule has 0 aliphatic carbocycles. The Balaban J connectivity index is 1.37.